The summed E-state index contributed by atoms with van der Waals surface area (Å²) in [4.78, 5) is 38.0. The highest BCUT2D eigenvalue weighted by Crippen LogP contribution is 2.31. The molecule has 1 fully saturated rings. The summed E-state index contributed by atoms with van der Waals surface area (Å²) in [5.41, 5.74) is 2.80. The molecule has 2 heterocycles. The lowest BCUT2D eigenvalue weighted by molar-refractivity contribution is -0.384. The molecule has 2 aromatic carbocycles. The highest BCUT2D eigenvalue weighted by molar-refractivity contribution is 5.92. The standard InChI is InChI=1S/C25H26N2O6/c1-16-7-9-20-19(14-23(28)33-24(20)17(16)2)15-32-25(29)18-8-10-21(22(13-18)27(30)31)26-11-5-3-4-6-12-26/h7-10,13-14H,3-6,11-12,15H2,1-2H3. The number of hydrogen-bond donors (Lipinski definition) is 0. The molecule has 1 aliphatic heterocycles. The molecule has 1 aliphatic rings. The van der Waals surface area contributed by atoms with Gasteiger partial charge < -0.3 is 14.1 Å². The minimum atomic E-state index is -0.689. The van der Waals surface area contributed by atoms with E-state index in [4.69, 9.17) is 9.15 Å². The number of nitro benzene ring substituents is 1. The number of carbonyl (C=O) groups excluding carboxylic acids is 1. The molecule has 0 unspecified atom stereocenters. The van der Waals surface area contributed by atoms with E-state index in [9.17, 15) is 19.7 Å². The number of nitrogens with zero attached hydrogens (tertiary/aromatic N) is 2. The number of benzene rings is 2. The van der Waals surface area contributed by atoms with E-state index in [2.05, 4.69) is 0 Å². The van der Waals surface area contributed by atoms with Crippen molar-refractivity contribution in [1.29, 1.82) is 0 Å². The largest absolute Gasteiger partial charge is 0.457 e. The maximum absolute atomic E-state index is 12.7. The Morgan fingerprint density at radius 2 is 1.82 bits per heavy atom. The van der Waals surface area contributed by atoms with Crippen molar-refractivity contribution in [1.82, 2.24) is 0 Å². The lowest BCUT2D eigenvalue weighted by Gasteiger charge is -2.22. The molecule has 0 saturated carbocycles. The van der Waals surface area contributed by atoms with Crippen LogP contribution in [0.15, 0.2) is 45.6 Å². The van der Waals surface area contributed by atoms with Gasteiger partial charge in [-0.1, -0.05) is 25.0 Å². The fourth-order valence-corrected chi connectivity index (χ4v) is 4.25. The van der Waals surface area contributed by atoms with Crippen LogP contribution in [-0.4, -0.2) is 24.0 Å². The van der Waals surface area contributed by atoms with Crippen molar-refractivity contribution in [2.45, 2.75) is 46.1 Å². The normalized spacial score (nSPS) is 14.2. The van der Waals surface area contributed by atoms with Gasteiger partial charge >= 0.3 is 11.6 Å². The maximum Gasteiger partial charge on any atom is 0.338 e. The molecule has 3 aromatic rings. The van der Waals surface area contributed by atoms with Crippen molar-refractivity contribution < 1.29 is 18.9 Å². The second kappa shape index (κ2) is 9.44. The van der Waals surface area contributed by atoms with Crippen LogP contribution < -0.4 is 10.5 Å². The summed E-state index contributed by atoms with van der Waals surface area (Å²) in [6.07, 6.45) is 4.19. The van der Waals surface area contributed by atoms with Gasteiger partial charge in [0.2, 0.25) is 0 Å². The first-order valence-electron chi connectivity index (χ1n) is 11.1. The number of rotatable bonds is 5. The zero-order valence-corrected chi connectivity index (χ0v) is 18.8. The predicted molar refractivity (Wildman–Crippen MR) is 125 cm³/mol. The molecule has 0 amide bonds. The van der Waals surface area contributed by atoms with Gasteiger partial charge in [-0.25, -0.2) is 9.59 Å². The molecule has 0 atom stereocenters. The molecular weight excluding hydrogens is 424 g/mol. The van der Waals surface area contributed by atoms with Crippen molar-refractivity contribution in [2.75, 3.05) is 18.0 Å². The quantitative estimate of drug-likeness (QED) is 0.232. The van der Waals surface area contributed by atoms with Crippen LogP contribution in [0.3, 0.4) is 0 Å². The van der Waals surface area contributed by atoms with Crippen molar-refractivity contribution in [3.05, 3.63) is 79.2 Å². The Kier molecular flexibility index (Phi) is 6.44. The molecule has 0 bridgehead atoms. The maximum atomic E-state index is 12.7. The number of nitro groups is 1. The summed E-state index contributed by atoms with van der Waals surface area (Å²) in [7, 11) is 0. The van der Waals surface area contributed by atoms with Gasteiger partial charge in [0.15, 0.2) is 0 Å². The third-order valence-electron chi connectivity index (χ3n) is 6.23. The first kappa shape index (κ1) is 22.5. The van der Waals surface area contributed by atoms with E-state index < -0.39 is 16.5 Å². The molecule has 0 aliphatic carbocycles. The van der Waals surface area contributed by atoms with E-state index in [1.807, 2.05) is 30.9 Å². The summed E-state index contributed by atoms with van der Waals surface area (Å²) >= 11 is 0. The van der Waals surface area contributed by atoms with Gasteiger partial charge in [0, 0.05) is 36.2 Å². The minimum absolute atomic E-state index is 0.0968. The van der Waals surface area contributed by atoms with Crippen LogP contribution >= 0.6 is 0 Å². The van der Waals surface area contributed by atoms with Gasteiger partial charge in [0.05, 0.1) is 10.5 Å². The summed E-state index contributed by atoms with van der Waals surface area (Å²) in [6, 6.07) is 9.49. The molecule has 172 valence electrons. The molecule has 0 N–H and O–H groups in total. The zero-order valence-electron chi connectivity index (χ0n) is 18.8. The molecule has 33 heavy (non-hydrogen) atoms. The Morgan fingerprint density at radius 3 is 2.52 bits per heavy atom. The van der Waals surface area contributed by atoms with Crippen LogP contribution in [-0.2, 0) is 11.3 Å². The number of hydrogen-bond acceptors (Lipinski definition) is 7. The van der Waals surface area contributed by atoms with Gasteiger partial charge in [0.25, 0.3) is 5.69 Å². The van der Waals surface area contributed by atoms with Crippen LogP contribution in [0.4, 0.5) is 11.4 Å². The molecule has 0 radical (unpaired) electrons. The Labute approximate surface area is 190 Å². The van der Waals surface area contributed by atoms with Crippen LogP contribution in [0.2, 0.25) is 0 Å². The highest BCUT2D eigenvalue weighted by atomic mass is 16.6. The Hall–Kier alpha value is -3.68. The van der Waals surface area contributed by atoms with E-state index in [1.54, 1.807) is 12.1 Å². The first-order chi connectivity index (χ1) is 15.8. The summed E-state index contributed by atoms with van der Waals surface area (Å²) in [5.74, 6) is -0.689. The summed E-state index contributed by atoms with van der Waals surface area (Å²) < 4.78 is 10.8. The van der Waals surface area contributed by atoms with Crippen LogP contribution in [0, 0.1) is 24.0 Å². The molecule has 0 spiro atoms. The lowest BCUT2D eigenvalue weighted by atomic mass is 10.0. The molecular formula is C25H26N2O6. The van der Waals surface area contributed by atoms with Crippen LogP contribution in [0.5, 0.6) is 0 Å². The number of fused-ring (bicyclic) bond motifs is 1. The van der Waals surface area contributed by atoms with Crippen LogP contribution in [0.1, 0.15) is 52.7 Å². The number of ether oxygens (including phenoxy) is 1. The Morgan fingerprint density at radius 1 is 1.09 bits per heavy atom. The van der Waals surface area contributed by atoms with E-state index in [1.165, 1.54) is 12.1 Å². The van der Waals surface area contributed by atoms with Crippen molar-refractivity contribution in [2.24, 2.45) is 0 Å². The summed E-state index contributed by atoms with van der Waals surface area (Å²) in [6.45, 7) is 5.15. The number of esters is 1. The fourth-order valence-electron chi connectivity index (χ4n) is 4.25. The Balaban J connectivity index is 1.58. The minimum Gasteiger partial charge on any atom is -0.457 e. The van der Waals surface area contributed by atoms with Gasteiger partial charge in [-0.2, -0.15) is 0 Å². The van der Waals surface area contributed by atoms with Crippen LogP contribution in [0.25, 0.3) is 11.0 Å². The van der Waals surface area contributed by atoms with E-state index >= 15 is 0 Å². The second-order valence-corrected chi connectivity index (χ2v) is 8.41. The average molecular weight is 450 g/mol. The molecule has 1 saturated heterocycles. The number of anilines is 1. The molecule has 8 heteroatoms. The van der Waals surface area contributed by atoms with E-state index in [-0.39, 0.29) is 17.9 Å². The van der Waals surface area contributed by atoms with Gasteiger partial charge in [0.1, 0.15) is 17.9 Å². The monoisotopic (exact) mass is 450 g/mol. The fraction of sp³-hybridized carbons (Fsp3) is 0.360. The molecule has 8 nitrogen and oxygen atoms in total. The predicted octanol–water partition coefficient (Wildman–Crippen LogP) is 5.06. The Bertz CT molecular complexity index is 1270. The molecule has 4 rings (SSSR count). The second-order valence-electron chi connectivity index (χ2n) is 8.41. The average Bonchev–Trinajstić information content (AvgIpc) is 3.09. The third kappa shape index (κ3) is 4.74. The number of carbonyl (C=O) groups is 1. The highest BCUT2D eigenvalue weighted by Gasteiger charge is 2.23. The molecule has 1 aromatic heterocycles. The van der Waals surface area contributed by atoms with Gasteiger partial charge in [-0.3, -0.25) is 10.1 Å². The summed E-state index contributed by atoms with van der Waals surface area (Å²) in [5, 5.41) is 12.4. The third-order valence-corrected chi connectivity index (χ3v) is 6.23. The van der Waals surface area contributed by atoms with Crippen molar-refractivity contribution in [3.63, 3.8) is 0 Å². The van der Waals surface area contributed by atoms with Gasteiger partial charge in [-0.15, -0.1) is 0 Å². The van der Waals surface area contributed by atoms with Crippen molar-refractivity contribution in [3.8, 4) is 0 Å². The smallest absolute Gasteiger partial charge is 0.338 e. The van der Waals surface area contributed by atoms with E-state index in [0.717, 1.165) is 49.9 Å². The van der Waals surface area contributed by atoms with Gasteiger partial charge in [-0.05, 0) is 49.9 Å². The zero-order chi connectivity index (χ0) is 23.5. The number of aryl methyl sites for hydroxylation is 2. The van der Waals surface area contributed by atoms with Crippen molar-refractivity contribution >= 4 is 28.3 Å². The van der Waals surface area contributed by atoms with E-state index in [0.29, 0.717) is 22.2 Å². The first-order valence-corrected chi connectivity index (χ1v) is 11.1. The SMILES string of the molecule is Cc1ccc2c(COC(=O)c3ccc(N4CCCCCC4)c([N+](=O)[O-])c3)cc(=O)oc2c1C. The lowest BCUT2D eigenvalue weighted by Crippen LogP contribution is -2.24. The topological polar surface area (TPSA) is 103 Å².